The fraction of sp³-hybridized carbons (Fsp3) is 0.417. The van der Waals surface area contributed by atoms with Crippen molar-refractivity contribution in [3.63, 3.8) is 0 Å². The molecule has 0 amide bonds. The van der Waals surface area contributed by atoms with Crippen molar-refractivity contribution in [2.45, 2.75) is 27.2 Å². The summed E-state index contributed by atoms with van der Waals surface area (Å²) in [6, 6.07) is 6.56. The van der Waals surface area contributed by atoms with Crippen molar-refractivity contribution in [2.24, 2.45) is 5.41 Å². The van der Waals surface area contributed by atoms with Crippen LogP contribution in [0.4, 0.5) is 4.39 Å². The molecule has 0 spiro atoms. The molecule has 0 aliphatic heterocycles. The van der Waals surface area contributed by atoms with Gasteiger partial charge in [-0.25, -0.2) is 4.39 Å². The Kier molecular flexibility index (Phi) is 2.90. The highest BCUT2D eigenvalue weighted by Crippen LogP contribution is 2.22. The van der Waals surface area contributed by atoms with Gasteiger partial charge in [-0.05, 0) is 29.5 Å². The third kappa shape index (κ3) is 2.85. The highest BCUT2D eigenvalue weighted by atomic mass is 19.1. The van der Waals surface area contributed by atoms with Crippen LogP contribution in [0.5, 0.6) is 0 Å². The molecule has 0 unspecified atom stereocenters. The molecule has 1 rings (SSSR count). The molecule has 0 heterocycles. The zero-order valence-corrected chi connectivity index (χ0v) is 8.76. The van der Waals surface area contributed by atoms with E-state index in [9.17, 15) is 4.39 Å². The zero-order chi connectivity index (χ0) is 10.8. The molecule has 1 aromatic rings. The Labute approximate surface area is 84.2 Å². The van der Waals surface area contributed by atoms with Crippen LogP contribution >= 0.6 is 0 Å². The molecule has 0 radical (unpaired) electrons. The number of nitrogens with zero attached hydrogens (tertiary/aromatic N) is 1. The summed E-state index contributed by atoms with van der Waals surface area (Å²) in [5, 5.41) is 8.57. The van der Waals surface area contributed by atoms with Gasteiger partial charge in [0.25, 0.3) is 0 Å². The predicted octanol–water partition coefficient (Wildman–Crippen LogP) is 3.29. The van der Waals surface area contributed by atoms with Gasteiger partial charge in [-0.15, -0.1) is 0 Å². The van der Waals surface area contributed by atoms with Crippen molar-refractivity contribution >= 4 is 0 Å². The minimum Gasteiger partial charge on any atom is -0.207 e. The highest BCUT2D eigenvalue weighted by molar-refractivity contribution is 5.33. The first kappa shape index (κ1) is 10.7. The first-order valence-corrected chi connectivity index (χ1v) is 4.61. The molecule has 0 aromatic heterocycles. The maximum atomic E-state index is 13.4. The van der Waals surface area contributed by atoms with Crippen molar-refractivity contribution in [3.8, 4) is 6.07 Å². The molecule has 74 valence electrons. The zero-order valence-electron chi connectivity index (χ0n) is 8.76. The van der Waals surface area contributed by atoms with Crippen LogP contribution in [0.2, 0.25) is 0 Å². The number of halogens is 1. The molecule has 0 saturated heterocycles. The average molecular weight is 191 g/mol. The number of hydrogen-bond donors (Lipinski definition) is 0. The molecule has 14 heavy (non-hydrogen) atoms. The summed E-state index contributed by atoms with van der Waals surface area (Å²) in [4.78, 5) is 0. The normalized spacial score (nSPS) is 11.1. The van der Waals surface area contributed by atoms with E-state index in [0.717, 1.165) is 0 Å². The van der Waals surface area contributed by atoms with Gasteiger partial charge in [0.05, 0.1) is 11.6 Å². The maximum absolute atomic E-state index is 13.4. The van der Waals surface area contributed by atoms with Crippen molar-refractivity contribution in [1.29, 1.82) is 5.26 Å². The van der Waals surface area contributed by atoms with Crippen molar-refractivity contribution in [3.05, 3.63) is 35.1 Å². The van der Waals surface area contributed by atoms with Crippen molar-refractivity contribution in [2.75, 3.05) is 0 Å². The van der Waals surface area contributed by atoms with Crippen LogP contribution in [0.1, 0.15) is 31.9 Å². The molecule has 1 nitrogen and oxygen atoms in total. The molecule has 0 aliphatic rings. The summed E-state index contributed by atoms with van der Waals surface area (Å²) >= 11 is 0. The van der Waals surface area contributed by atoms with E-state index in [4.69, 9.17) is 5.26 Å². The fourth-order valence-electron chi connectivity index (χ4n) is 1.33. The summed E-state index contributed by atoms with van der Waals surface area (Å²) in [6.45, 7) is 6.18. The Hall–Kier alpha value is -1.36. The monoisotopic (exact) mass is 191 g/mol. The number of nitriles is 1. The minimum atomic E-state index is -0.279. The standard InChI is InChI=1S/C12H14FN/c1-12(2,3)7-10-5-4-9(8-14)6-11(10)13/h4-6H,7H2,1-3H3. The van der Waals surface area contributed by atoms with Gasteiger partial charge >= 0.3 is 0 Å². The van der Waals surface area contributed by atoms with Gasteiger partial charge in [0.15, 0.2) is 0 Å². The van der Waals surface area contributed by atoms with Crippen LogP contribution in [0.25, 0.3) is 0 Å². The highest BCUT2D eigenvalue weighted by Gasteiger charge is 2.14. The van der Waals surface area contributed by atoms with E-state index < -0.39 is 0 Å². The van der Waals surface area contributed by atoms with Crippen molar-refractivity contribution in [1.82, 2.24) is 0 Å². The maximum Gasteiger partial charge on any atom is 0.127 e. The molecular weight excluding hydrogens is 177 g/mol. The SMILES string of the molecule is CC(C)(C)Cc1ccc(C#N)cc1F. The quantitative estimate of drug-likeness (QED) is 0.668. The Morgan fingerprint density at radius 2 is 2.00 bits per heavy atom. The lowest BCUT2D eigenvalue weighted by atomic mass is 9.88. The van der Waals surface area contributed by atoms with E-state index in [0.29, 0.717) is 17.5 Å². The van der Waals surface area contributed by atoms with Crippen molar-refractivity contribution < 1.29 is 4.39 Å². The Balaban J connectivity index is 2.97. The van der Waals surface area contributed by atoms with E-state index in [1.165, 1.54) is 6.07 Å². The van der Waals surface area contributed by atoms with Gasteiger partial charge in [-0.2, -0.15) is 5.26 Å². The lowest BCUT2D eigenvalue weighted by Crippen LogP contribution is -2.10. The van der Waals surface area contributed by atoms with Crippen LogP contribution in [-0.4, -0.2) is 0 Å². The molecule has 0 N–H and O–H groups in total. The summed E-state index contributed by atoms with van der Waals surface area (Å²) in [7, 11) is 0. The van der Waals surface area contributed by atoms with Crippen LogP contribution < -0.4 is 0 Å². The minimum absolute atomic E-state index is 0.0645. The predicted molar refractivity (Wildman–Crippen MR) is 54.3 cm³/mol. The lowest BCUT2D eigenvalue weighted by molar-refractivity contribution is 0.402. The molecule has 0 atom stereocenters. The second-order valence-electron chi connectivity index (χ2n) is 4.66. The molecule has 0 fully saturated rings. The summed E-state index contributed by atoms with van der Waals surface area (Å²) in [5.74, 6) is -0.279. The largest absolute Gasteiger partial charge is 0.207 e. The summed E-state index contributed by atoms with van der Waals surface area (Å²) in [6.07, 6.45) is 0.685. The Bertz CT molecular complexity index is 369. The topological polar surface area (TPSA) is 23.8 Å². The molecule has 0 aliphatic carbocycles. The van der Waals surface area contributed by atoms with E-state index in [1.54, 1.807) is 12.1 Å². The van der Waals surface area contributed by atoms with E-state index >= 15 is 0 Å². The van der Waals surface area contributed by atoms with Gasteiger partial charge in [0, 0.05) is 0 Å². The molecule has 0 bridgehead atoms. The lowest BCUT2D eigenvalue weighted by Gasteiger charge is -2.18. The van der Waals surface area contributed by atoms with E-state index in [1.807, 2.05) is 6.07 Å². The smallest absolute Gasteiger partial charge is 0.127 e. The summed E-state index contributed by atoms with van der Waals surface area (Å²) < 4.78 is 13.4. The molecular formula is C12H14FN. The fourth-order valence-corrected chi connectivity index (χ4v) is 1.33. The van der Waals surface area contributed by atoms with Crippen LogP contribution in [0.3, 0.4) is 0 Å². The molecule has 0 saturated carbocycles. The molecule has 2 heteroatoms. The van der Waals surface area contributed by atoms with Crippen LogP contribution in [0, 0.1) is 22.6 Å². The van der Waals surface area contributed by atoms with Crippen LogP contribution in [0.15, 0.2) is 18.2 Å². The number of hydrogen-bond acceptors (Lipinski definition) is 1. The first-order chi connectivity index (χ1) is 6.42. The van der Waals surface area contributed by atoms with Gasteiger partial charge in [0.2, 0.25) is 0 Å². The number of benzene rings is 1. The summed E-state index contributed by atoms with van der Waals surface area (Å²) in [5.41, 5.74) is 1.12. The van der Waals surface area contributed by atoms with Gasteiger partial charge in [0.1, 0.15) is 5.82 Å². The number of rotatable bonds is 1. The van der Waals surface area contributed by atoms with Gasteiger partial charge in [-0.1, -0.05) is 26.8 Å². The third-order valence-corrected chi connectivity index (χ3v) is 1.90. The Morgan fingerprint density at radius 1 is 1.36 bits per heavy atom. The Morgan fingerprint density at radius 3 is 2.43 bits per heavy atom. The second kappa shape index (κ2) is 3.79. The van der Waals surface area contributed by atoms with Gasteiger partial charge < -0.3 is 0 Å². The van der Waals surface area contributed by atoms with E-state index in [2.05, 4.69) is 20.8 Å². The van der Waals surface area contributed by atoms with Gasteiger partial charge in [-0.3, -0.25) is 0 Å². The third-order valence-electron chi connectivity index (χ3n) is 1.90. The van der Waals surface area contributed by atoms with Crippen LogP contribution in [-0.2, 0) is 6.42 Å². The first-order valence-electron chi connectivity index (χ1n) is 4.61. The van der Waals surface area contributed by atoms with E-state index in [-0.39, 0.29) is 11.2 Å². The average Bonchev–Trinajstić information content (AvgIpc) is 2.06. The second-order valence-corrected chi connectivity index (χ2v) is 4.66. The molecule has 1 aromatic carbocycles.